The second kappa shape index (κ2) is 4.44. The fourth-order valence-electron chi connectivity index (χ4n) is 1.25. The lowest BCUT2D eigenvalue weighted by Crippen LogP contribution is -2.09. The second-order valence-corrected chi connectivity index (χ2v) is 2.84. The zero-order valence-corrected chi connectivity index (χ0v) is 8.15. The van der Waals surface area contributed by atoms with Gasteiger partial charge >= 0.3 is 5.97 Å². The Morgan fingerprint density at radius 2 is 2.33 bits per heavy atom. The van der Waals surface area contributed by atoms with Gasteiger partial charge in [-0.2, -0.15) is 5.26 Å². The highest BCUT2D eigenvalue weighted by atomic mass is 16.5. The van der Waals surface area contributed by atoms with E-state index in [-0.39, 0.29) is 23.4 Å². The molecule has 0 heterocycles. The molecule has 0 atom stereocenters. The van der Waals surface area contributed by atoms with Gasteiger partial charge in [0.15, 0.2) is 0 Å². The molecule has 0 radical (unpaired) electrons. The van der Waals surface area contributed by atoms with E-state index in [0.717, 1.165) is 0 Å². The number of benzene rings is 1. The van der Waals surface area contributed by atoms with Gasteiger partial charge in [-0.1, -0.05) is 0 Å². The summed E-state index contributed by atoms with van der Waals surface area (Å²) in [4.78, 5) is 11.3. The van der Waals surface area contributed by atoms with Crippen molar-refractivity contribution in [3.8, 4) is 11.8 Å². The third-order valence-corrected chi connectivity index (χ3v) is 1.94. The molecule has 0 aromatic heterocycles. The van der Waals surface area contributed by atoms with Gasteiger partial charge in [-0.3, -0.25) is 0 Å². The highest BCUT2D eigenvalue weighted by molar-refractivity contribution is 5.94. The molecule has 0 bridgehead atoms. The molecule has 0 spiro atoms. The fourth-order valence-corrected chi connectivity index (χ4v) is 1.25. The molecule has 1 aromatic carbocycles. The first kappa shape index (κ1) is 11.0. The average molecular weight is 206 g/mol. The van der Waals surface area contributed by atoms with E-state index in [9.17, 15) is 9.90 Å². The Balaban J connectivity index is 3.39. The van der Waals surface area contributed by atoms with E-state index in [1.54, 1.807) is 0 Å². The van der Waals surface area contributed by atoms with Crippen LogP contribution in [0.15, 0.2) is 12.1 Å². The van der Waals surface area contributed by atoms with E-state index in [1.807, 2.05) is 6.07 Å². The standard InChI is InChI=1S/C10H10N2O3/c1-15-10(14)9-7(5-12)2-6(4-11)3-8(9)13/h2-3,13H,5,12H2,1H3. The quantitative estimate of drug-likeness (QED) is 0.687. The third kappa shape index (κ3) is 2.06. The number of phenols is 1. The van der Waals surface area contributed by atoms with Gasteiger partial charge in [0.05, 0.1) is 18.7 Å². The molecular weight excluding hydrogens is 196 g/mol. The van der Waals surface area contributed by atoms with Crippen LogP contribution in [0.3, 0.4) is 0 Å². The van der Waals surface area contributed by atoms with E-state index < -0.39 is 5.97 Å². The number of carbonyl (C=O) groups is 1. The zero-order valence-electron chi connectivity index (χ0n) is 8.15. The number of hydrogen-bond acceptors (Lipinski definition) is 5. The SMILES string of the molecule is COC(=O)c1c(O)cc(C#N)cc1CN. The largest absolute Gasteiger partial charge is 0.507 e. The van der Waals surface area contributed by atoms with Crippen LogP contribution >= 0.6 is 0 Å². The minimum Gasteiger partial charge on any atom is -0.507 e. The van der Waals surface area contributed by atoms with E-state index >= 15 is 0 Å². The molecule has 0 amide bonds. The molecule has 1 aromatic rings. The maximum atomic E-state index is 11.3. The number of nitrogens with zero attached hydrogens (tertiary/aromatic N) is 1. The van der Waals surface area contributed by atoms with Crippen LogP contribution in [-0.2, 0) is 11.3 Å². The Labute approximate surface area is 86.7 Å². The highest BCUT2D eigenvalue weighted by Gasteiger charge is 2.17. The Hall–Kier alpha value is -2.06. The molecule has 0 aliphatic heterocycles. The summed E-state index contributed by atoms with van der Waals surface area (Å²) in [6, 6.07) is 4.51. The van der Waals surface area contributed by atoms with Crippen molar-refractivity contribution in [3.63, 3.8) is 0 Å². The van der Waals surface area contributed by atoms with Gasteiger partial charge in [-0.05, 0) is 17.7 Å². The van der Waals surface area contributed by atoms with Gasteiger partial charge in [-0.25, -0.2) is 4.79 Å². The molecule has 3 N–H and O–H groups in total. The number of rotatable bonds is 2. The number of carbonyl (C=O) groups excluding carboxylic acids is 1. The number of aromatic hydroxyl groups is 1. The van der Waals surface area contributed by atoms with Gasteiger partial charge in [0.1, 0.15) is 11.3 Å². The first-order valence-electron chi connectivity index (χ1n) is 4.18. The van der Waals surface area contributed by atoms with Crippen LogP contribution in [0.1, 0.15) is 21.5 Å². The van der Waals surface area contributed by atoms with Gasteiger partial charge in [-0.15, -0.1) is 0 Å². The molecule has 0 aliphatic rings. The molecule has 0 saturated heterocycles. The van der Waals surface area contributed by atoms with E-state index in [4.69, 9.17) is 11.0 Å². The van der Waals surface area contributed by atoms with Crippen molar-refractivity contribution >= 4 is 5.97 Å². The Morgan fingerprint density at radius 3 is 2.80 bits per heavy atom. The van der Waals surface area contributed by atoms with Crippen molar-refractivity contribution < 1.29 is 14.6 Å². The molecule has 0 unspecified atom stereocenters. The summed E-state index contributed by atoms with van der Waals surface area (Å²) in [6.45, 7) is 0.0491. The number of esters is 1. The maximum absolute atomic E-state index is 11.3. The highest BCUT2D eigenvalue weighted by Crippen LogP contribution is 2.24. The van der Waals surface area contributed by atoms with Crippen molar-refractivity contribution in [1.82, 2.24) is 0 Å². The number of ether oxygens (including phenoxy) is 1. The number of phenolic OH excluding ortho intramolecular Hbond substituents is 1. The Morgan fingerprint density at radius 1 is 1.67 bits per heavy atom. The average Bonchev–Trinajstić information content (AvgIpc) is 2.26. The summed E-state index contributed by atoms with van der Waals surface area (Å²) in [7, 11) is 1.21. The monoisotopic (exact) mass is 206 g/mol. The van der Waals surface area contributed by atoms with Crippen LogP contribution in [0.25, 0.3) is 0 Å². The lowest BCUT2D eigenvalue weighted by Gasteiger charge is -2.08. The third-order valence-electron chi connectivity index (χ3n) is 1.94. The molecule has 15 heavy (non-hydrogen) atoms. The first-order valence-corrected chi connectivity index (χ1v) is 4.18. The Bertz CT molecular complexity index is 435. The summed E-state index contributed by atoms with van der Waals surface area (Å²) in [6.07, 6.45) is 0. The summed E-state index contributed by atoms with van der Waals surface area (Å²) in [5.74, 6) is -0.959. The predicted molar refractivity (Wildman–Crippen MR) is 52.1 cm³/mol. The summed E-state index contributed by atoms with van der Waals surface area (Å²) in [5, 5.41) is 18.2. The van der Waals surface area contributed by atoms with Crippen LogP contribution in [0.4, 0.5) is 0 Å². The molecule has 5 heteroatoms. The van der Waals surface area contributed by atoms with Crippen LogP contribution in [0, 0.1) is 11.3 Å². The molecule has 5 nitrogen and oxygen atoms in total. The number of hydrogen-bond donors (Lipinski definition) is 2. The van der Waals surface area contributed by atoms with Crippen molar-refractivity contribution in [1.29, 1.82) is 5.26 Å². The fraction of sp³-hybridized carbons (Fsp3) is 0.200. The summed E-state index contributed by atoms with van der Waals surface area (Å²) < 4.78 is 4.50. The summed E-state index contributed by atoms with van der Waals surface area (Å²) >= 11 is 0. The van der Waals surface area contributed by atoms with Crippen LogP contribution in [-0.4, -0.2) is 18.2 Å². The van der Waals surface area contributed by atoms with Crippen molar-refractivity contribution in [2.75, 3.05) is 7.11 Å². The van der Waals surface area contributed by atoms with Gasteiger partial charge in [0, 0.05) is 6.54 Å². The van der Waals surface area contributed by atoms with E-state index in [2.05, 4.69) is 4.74 Å². The molecule has 0 aliphatic carbocycles. The normalized spacial score (nSPS) is 9.40. The van der Waals surface area contributed by atoms with Gasteiger partial charge in [0.2, 0.25) is 0 Å². The minimum atomic E-state index is -0.669. The maximum Gasteiger partial charge on any atom is 0.341 e. The van der Waals surface area contributed by atoms with Crippen molar-refractivity contribution in [3.05, 3.63) is 28.8 Å². The molecule has 0 saturated carbocycles. The van der Waals surface area contributed by atoms with Crippen molar-refractivity contribution in [2.45, 2.75) is 6.54 Å². The van der Waals surface area contributed by atoms with E-state index in [1.165, 1.54) is 19.2 Å². The van der Waals surface area contributed by atoms with Gasteiger partial charge < -0.3 is 15.6 Å². The molecule has 1 rings (SSSR count). The summed E-state index contributed by atoms with van der Waals surface area (Å²) in [5.41, 5.74) is 6.06. The predicted octanol–water partition coefficient (Wildman–Crippen LogP) is 0.509. The number of nitrogens with two attached hydrogens (primary N) is 1. The molecule has 0 fully saturated rings. The van der Waals surface area contributed by atoms with Crippen LogP contribution < -0.4 is 5.73 Å². The minimum absolute atomic E-state index is 0.0130. The zero-order chi connectivity index (χ0) is 11.4. The first-order chi connectivity index (χ1) is 7.13. The lowest BCUT2D eigenvalue weighted by molar-refractivity contribution is 0.0596. The number of methoxy groups -OCH3 is 1. The van der Waals surface area contributed by atoms with E-state index in [0.29, 0.717) is 5.56 Å². The van der Waals surface area contributed by atoms with Crippen molar-refractivity contribution in [2.24, 2.45) is 5.73 Å². The molecular formula is C10H10N2O3. The topological polar surface area (TPSA) is 96.3 Å². The smallest absolute Gasteiger partial charge is 0.341 e. The van der Waals surface area contributed by atoms with Gasteiger partial charge in [0.25, 0.3) is 0 Å². The van der Waals surface area contributed by atoms with Crippen LogP contribution in [0.2, 0.25) is 0 Å². The second-order valence-electron chi connectivity index (χ2n) is 2.84. The molecule has 78 valence electrons. The van der Waals surface area contributed by atoms with Crippen LogP contribution in [0.5, 0.6) is 5.75 Å². The number of nitriles is 1. The Kier molecular flexibility index (Phi) is 3.26. The lowest BCUT2D eigenvalue weighted by atomic mass is 10.0.